The van der Waals surface area contributed by atoms with E-state index in [1.807, 2.05) is 24.3 Å². The highest BCUT2D eigenvalue weighted by Crippen LogP contribution is 2.15. The molecule has 7 heteroatoms. The number of nitrogen functional groups attached to an aromatic ring is 1. The zero-order valence-corrected chi connectivity index (χ0v) is 9.48. The number of tetrazole rings is 1. The Labute approximate surface area is 103 Å². The Morgan fingerprint density at radius 2 is 2.28 bits per heavy atom. The monoisotopic (exact) mass is 241 g/mol. The van der Waals surface area contributed by atoms with Gasteiger partial charge in [-0.3, -0.25) is 4.68 Å². The van der Waals surface area contributed by atoms with Crippen LogP contribution in [0, 0.1) is 0 Å². The van der Waals surface area contributed by atoms with Gasteiger partial charge >= 0.3 is 0 Å². The Morgan fingerprint density at radius 3 is 3.00 bits per heavy atom. The molecule has 0 radical (unpaired) electrons. The van der Waals surface area contributed by atoms with Gasteiger partial charge in [0.1, 0.15) is 0 Å². The first-order valence-corrected chi connectivity index (χ1v) is 5.42. The van der Waals surface area contributed by atoms with Crippen LogP contribution in [0.15, 0.2) is 36.7 Å². The molecule has 0 fully saturated rings. The number of nitrogens with one attached hydrogen (secondary N) is 1. The zero-order chi connectivity index (χ0) is 12.4. The molecule has 0 bridgehead atoms. The average molecular weight is 241 g/mol. The minimum absolute atomic E-state index is 0.580. The molecule has 90 valence electrons. The lowest BCUT2D eigenvalue weighted by Crippen LogP contribution is -2.00. The van der Waals surface area contributed by atoms with Crippen molar-refractivity contribution in [1.29, 1.82) is 0 Å². The first-order chi connectivity index (χ1) is 8.81. The lowest BCUT2D eigenvalue weighted by Gasteiger charge is -2.03. The Bertz CT molecular complexity index is 641. The summed E-state index contributed by atoms with van der Waals surface area (Å²) in [6.45, 7) is 0.656. The van der Waals surface area contributed by atoms with Gasteiger partial charge in [-0.15, -0.1) is 10.2 Å². The highest BCUT2D eigenvalue weighted by Gasteiger charge is 2.04. The van der Waals surface area contributed by atoms with Gasteiger partial charge in [-0.1, -0.05) is 18.2 Å². The molecule has 3 N–H and O–H groups in total. The van der Waals surface area contributed by atoms with Gasteiger partial charge in [-0.05, 0) is 16.8 Å². The summed E-state index contributed by atoms with van der Waals surface area (Å²) in [5, 5.41) is 18.0. The lowest BCUT2D eigenvalue weighted by molar-refractivity contribution is 0.687. The van der Waals surface area contributed by atoms with Gasteiger partial charge in [0, 0.05) is 11.8 Å². The molecule has 2 heterocycles. The van der Waals surface area contributed by atoms with Crippen molar-refractivity contribution in [3.63, 3.8) is 0 Å². The van der Waals surface area contributed by atoms with Crippen molar-refractivity contribution in [2.45, 2.75) is 6.54 Å². The van der Waals surface area contributed by atoms with E-state index in [4.69, 9.17) is 5.73 Å². The lowest BCUT2D eigenvalue weighted by atomic mass is 10.1. The molecule has 0 saturated carbocycles. The van der Waals surface area contributed by atoms with E-state index in [9.17, 15) is 0 Å². The fourth-order valence-corrected chi connectivity index (χ4v) is 1.75. The number of anilines is 1. The molecule has 3 rings (SSSR count). The summed E-state index contributed by atoms with van der Waals surface area (Å²) in [5.74, 6) is 0.580. The van der Waals surface area contributed by atoms with Crippen LogP contribution in [-0.4, -0.2) is 30.4 Å². The molecule has 1 aromatic carbocycles. The van der Waals surface area contributed by atoms with Crippen LogP contribution >= 0.6 is 0 Å². The van der Waals surface area contributed by atoms with Crippen LogP contribution in [0.2, 0.25) is 0 Å². The maximum absolute atomic E-state index is 5.62. The molecule has 0 spiro atoms. The van der Waals surface area contributed by atoms with E-state index in [1.54, 1.807) is 17.1 Å². The topological polar surface area (TPSA) is 98.3 Å². The van der Waals surface area contributed by atoms with Crippen molar-refractivity contribution >= 4 is 5.69 Å². The normalized spacial score (nSPS) is 10.7. The Hall–Kier alpha value is -2.70. The smallest absolute Gasteiger partial charge is 0.204 e. The molecule has 3 aromatic rings. The number of nitrogens with zero attached hydrogens (tertiary/aromatic N) is 5. The summed E-state index contributed by atoms with van der Waals surface area (Å²) in [6.07, 6.45) is 3.42. The number of rotatable bonds is 3. The van der Waals surface area contributed by atoms with Gasteiger partial charge in [-0.25, -0.2) is 0 Å². The number of nitrogens with two attached hydrogens (primary N) is 1. The van der Waals surface area contributed by atoms with Crippen molar-refractivity contribution in [3.05, 3.63) is 42.2 Å². The average Bonchev–Trinajstić information content (AvgIpc) is 3.01. The molecule has 18 heavy (non-hydrogen) atoms. The molecule has 2 aromatic heterocycles. The van der Waals surface area contributed by atoms with Crippen molar-refractivity contribution in [2.75, 3.05) is 5.73 Å². The summed E-state index contributed by atoms with van der Waals surface area (Å²) in [6, 6.07) is 7.91. The predicted molar refractivity (Wildman–Crippen MR) is 65.4 cm³/mol. The van der Waals surface area contributed by atoms with E-state index in [0.29, 0.717) is 18.1 Å². The maximum atomic E-state index is 5.62. The van der Waals surface area contributed by atoms with Crippen LogP contribution in [0.3, 0.4) is 0 Å². The van der Waals surface area contributed by atoms with Gasteiger partial charge in [0.15, 0.2) is 0 Å². The van der Waals surface area contributed by atoms with Crippen molar-refractivity contribution in [3.8, 4) is 11.4 Å². The standard InChI is InChI=1S/C11H11N7/c12-10-5-13-18(7-10)6-8-2-1-3-9(4-8)11-14-16-17-15-11/h1-5,7H,6,12H2,(H,14,15,16,17). The third-order valence-corrected chi connectivity index (χ3v) is 2.53. The number of benzene rings is 1. The highest BCUT2D eigenvalue weighted by molar-refractivity contribution is 5.54. The molecule has 0 saturated heterocycles. The van der Waals surface area contributed by atoms with Gasteiger partial charge in [0.2, 0.25) is 5.82 Å². The second-order valence-corrected chi connectivity index (χ2v) is 3.91. The fourth-order valence-electron chi connectivity index (χ4n) is 1.75. The number of hydrogen-bond acceptors (Lipinski definition) is 5. The summed E-state index contributed by atoms with van der Waals surface area (Å²) < 4.78 is 1.78. The Morgan fingerprint density at radius 1 is 1.33 bits per heavy atom. The highest BCUT2D eigenvalue weighted by atomic mass is 15.5. The van der Waals surface area contributed by atoms with Crippen LogP contribution < -0.4 is 5.73 Å². The van der Waals surface area contributed by atoms with Crippen LogP contribution in [0.4, 0.5) is 5.69 Å². The molecule has 0 amide bonds. The summed E-state index contributed by atoms with van der Waals surface area (Å²) >= 11 is 0. The summed E-state index contributed by atoms with van der Waals surface area (Å²) in [4.78, 5) is 0. The quantitative estimate of drug-likeness (QED) is 0.703. The molecule has 0 aliphatic heterocycles. The van der Waals surface area contributed by atoms with E-state index in [2.05, 4.69) is 25.7 Å². The molecule has 0 unspecified atom stereocenters. The van der Waals surface area contributed by atoms with Crippen LogP contribution in [0.25, 0.3) is 11.4 Å². The maximum Gasteiger partial charge on any atom is 0.204 e. The molecule has 0 aliphatic rings. The minimum Gasteiger partial charge on any atom is -0.396 e. The van der Waals surface area contributed by atoms with Crippen molar-refractivity contribution in [1.82, 2.24) is 30.4 Å². The van der Waals surface area contributed by atoms with E-state index < -0.39 is 0 Å². The first-order valence-electron chi connectivity index (χ1n) is 5.42. The third-order valence-electron chi connectivity index (χ3n) is 2.53. The van der Waals surface area contributed by atoms with Crippen molar-refractivity contribution in [2.24, 2.45) is 0 Å². The molecular weight excluding hydrogens is 230 g/mol. The number of aromatic nitrogens is 6. The van der Waals surface area contributed by atoms with E-state index in [0.717, 1.165) is 11.1 Å². The van der Waals surface area contributed by atoms with E-state index in [1.165, 1.54) is 0 Å². The van der Waals surface area contributed by atoms with Crippen LogP contribution in [-0.2, 0) is 6.54 Å². The largest absolute Gasteiger partial charge is 0.396 e. The zero-order valence-electron chi connectivity index (χ0n) is 9.48. The minimum atomic E-state index is 0.580. The fraction of sp³-hybridized carbons (Fsp3) is 0.0909. The first kappa shape index (κ1) is 10.5. The molecule has 0 atom stereocenters. The van der Waals surface area contributed by atoms with Gasteiger partial charge in [-0.2, -0.15) is 10.3 Å². The molecule has 7 nitrogen and oxygen atoms in total. The predicted octanol–water partition coefficient (Wildman–Crippen LogP) is 0.694. The van der Waals surface area contributed by atoms with Gasteiger partial charge < -0.3 is 5.73 Å². The summed E-state index contributed by atoms with van der Waals surface area (Å²) in [7, 11) is 0. The number of H-pyrrole nitrogens is 1. The third kappa shape index (κ3) is 2.05. The molecule has 0 aliphatic carbocycles. The van der Waals surface area contributed by atoms with Crippen LogP contribution in [0.1, 0.15) is 5.56 Å². The number of aromatic amines is 1. The number of hydrogen-bond donors (Lipinski definition) is 2. The van der Waals surface area contributed by atoms with Crippen LogP contribution in [0.5, 0.6) is 0 Å². The molecular formula is C11H11N7. The summed E-state index contributed by atoms with van der Waals surface area (Å²) in [5.41, 5.74) is 8.30. The van der Waals surface area contributed by atoms with E-state index >= 15 is 0 Å². The Balaban J connectivity index is 1.87. The second-order valence-electron chi connectivity index (χ2n) is 3.91. The Kier molecular flexibility index (Phi) is 2.49. The van der Waals surface area contributed by atoms with Gasteiger partial charge in [0.25, 0.3) is 0 Å². The van der Waals surface area contributed by atoms with Gasteiger partial charge in [0.05, 0.1) is 18.4 Å². The van der Waals surface area contributed by atoms with Crippen molar-refractivity contribution < 1.29 is 0 Å². The SMILES string of the molecule is Nc1cnn(Cc2cccc(-c3nn[nH]n3)c2)c1. The van der Waals surface area contributed by atoms with E-state index in [-0.39, 0.29) is 0 Å². The second kappa shape index (κ2) is 4.28.